The largest absolute Gasteiger partial charge is 0.487 e. The van der Waals surface area contributed by atoms with E-state index in [1.165, 1.54) is 0 Å². The summed E-state index contributed by atoms with van der Waals surface area (Å²) in [5, 5.41) is 8.89. The van der Waals surface area contributed by atoms with Gasteiger partial charge in [0.25, 0.3) is 0 Å². The minimum absolute atomic E-state index is 0.245. The molecular formula is C13H16BrNO3. The predicted octanol–water partition coefficient (Wildman–Crippen LogP) is 2.12. The van der Waals surface area contributed by atoms with Crippen molar-refractivity contribution in [3.05, 3.63) is 27.7 Å². The Bertz CT molecular complexity index is 499. The van der Waals surface area contributed by atoms with Crippen LogP contribution in [0.5, 0.6) is 5.75 Å². The molecule has 4 nitrogen and oxygen atoms in total. The van der Waals surface area contributed by atoms with Crippen molar-refractivity contribution < 1.29 is 14.6 Å². The minimum Gasteiger partial charge on any atom is -0.487 e. The second-order valence-corrected chi connectivity index (χ2v) is 6.16. The number of benzene rings is 1. The highest BCUT2D eigenvalue weighted by molar-refractivity contribution is 9.10. The highest BCUT2D eigenvalue weighted by atomic mass is 79.9. The molecule has 1 aromatic rings. The van der Waals surface area contributed by atoms with Gasteiger partial charge in [0.15, 0.2) is 0 Å². The molecule has 0 aromatic heterocycles. The SMILES string of the molecule is CC1(C)Cc2cc(Br)cc(CC(N)C(=O)O)c2O1. The third kappa shape index (κ3) is 2.67. The molecule has 1 aliphatic rings. The summed E-state index contributed by atoms with van der Waals surface area (Å²) in [6, 6.07) is 2.99. The number of fused-ring (bicyclic) bond motifs is 1. The van der Waals surface area contributed by atoms with Gasteiger partial charge in [0, 0.05) is 17.3 Å². The highest BCUT2D eigenvalue weighted by Gasteiger charge is 2.32. The van der Waals surface area contributed by atoms with Crippen LogP contribution in [0.15, 0.2) is 16.6 Å². The maximum atomic E-state index is 10.8. The molecular weight excluding hydrogens is 298 g/mol. The van der Waals surface area contributed by atoms with Gasteiger partial charge in [-0.3, -0.25) is 4.79 Å². The van der Waals surface area contributed by atoms with E-state index in [1.807, 2.05) is 26.0 Å². The van der Waals surface area contributed by atoms with Crippen molar-refractivity contribution in [1.82, 2.24) is 0 Å². The molecule has 1 aliphatic heterocycles. The standard InChI is InChI=1S/C13H16BrNO3/c1-13(2)6-8-4-9(14)3-7(11(8)18-13)5-10(15)12(16)17/h3-4,10H,5-6,15H2,1-2H3,(H,16,17). The summed E-state index contributed by atoms with van der Waals surface area (Å²) in [5.74, 6) is -0.208. The molecule has 1 aromatic carbocycles. The lowest BCUT2D eigenvalue weighted by Crippen LogP contribution is -2.32. The fourth-order valence-corrected chi connectivity index (χ4v) is 2.77. The molecule has 5 heteroatoms. The molecule has 0 radical (unpaired) electrons. The van der Waals surface area contributed by atoms with Gasteiger partial charge in [0.2, 0.25) is 0 Å². The second-order valence-electron chi connectivity index (χ2n) is 5.24. The predicted molar refractivity (Wildman–Crippen MR) is 71.9 cm³/mol. The molecule has 2 rings (SSSR count). The van der Waals surface area contributed by atoms with E-state index in [1.54, 1.807) is 0 Å². The highest BCUT2D eigenvalue weighted by Crippen LogP contribution is 2.40. The van der Waals surface area contributed by atoms with Crippen LogP contribution in [0.3, 0.4) is 0 Å². The van der Waals surface area contributed by atoms with Crippen molar-refractivity contribution in [2.45, 2.75) is 38.3 Å². The van der Waals surface area contributed by atoms with Gasteiger partial charge in [-0.25, -0.2) is 0 Å². The lowest BCUT2D eigenvalue weighted by Gasteiger charge is -2.18. The van der Waals surface area contributed by atoms with Crippen LogP contribution in [-0.2, 0) is 17.6 Å². The summed E-state index contributed by atoms with van der Waals surface area (Å²) in [6.45, 7) is 4.03. The number of hydrogen-bond acceptors (Lipinski definition) is 3. The zero-order valence-electron chi connectivity index (χ0n) is 10.4. The zero-order chi connectivity index (χ0) is 13.5. The number of rotatable bonds is 3. The molecule has 0 amide bonds. The summed E-state index contributed by atoms with van der Waals surface area (Å²) in [5.41, 5.74) is 7.29. The summed E-state index contributed by atoms with van der Waals surface area (Å²) >= 11 is 3.44. The quantitative estimate of drug-likeness (QED) is 0.896. The van der Waals surface area contributed by atoms with Gasteiger partial charge in [-0.2, -0.15) is 0 Å². The Hall–Kier alpha value is -1.07. The van der Waals surface area contributed by atoms with Crippen LogP contribution in [0.2, 0.25) is 0 Å². The second kappa shape index (κ2) is 4.55. The molecule has 0 bridgehead atoms. The van der Waals surface area contributed by atoms with Crippen LogP contribution >= 0.6 is 15.9 Å². The van der Waals surface area contributed by atoms with E-state index >= 15 is 0 Å². The molecule has 0 saturated heterocycles. The molecule has 1 unspecified atom stereocenters. The van der Waals surface area contributed by atoms with E-state index in [2.05, 4.69) is 15.9 Å². The summed E-state index contributed by atoms with van der Waals surface area (Å²) < 4.78 is 6.82. The Balaban J connectivity index is 2.35. The van der Waals surface area contributed by atoms with Crippen LogP contribution in [0.4, 0.5) is 0 Å². The number of hydrogen-bond donors (Lipinski definition) is 2. The first-order valence-electron chi connectivity index (χ1n) is 5.77. The van der Waals surface area contributed by atoms with E-state index in [4.69, 9.17) is 15.6 Å². The van der Waals surface area contributed by atoms with Crippen molar-refractivity contribution >= 4 is 21.9 Å². The lowest BCUT2D eigenvalue weighted by molar-refractivity contribution is -0.138. The monoisotopic (exact) mass is 313 g/mol. The van der Waals surface area contributed by atoms with E-state index in [9.17, 15) is 4.79 Å². The van der Waals surface area contributed by atoms with E-state index in [0.29, 0.717) is 0 Å². The van der Waals surface area contributed by atoms with E-state index in [0.717, 1.165) is 27.8 Å². The Morgan fingerprint density at radius 2 is 2.28 bits per heavy atom. The normalized spacial score (nSPS) is 18.0. The van der Waals surface area contributed by atoms with Crippen molar-refractivity contribution in [3.63, 3.8) is 0 Å². The van der Waals surface area contributed by atoms with Crippen molar-refractivity contribution in [1.29, 1.82) is 0 Å². The Morgan fingerprint density at radius 1 is 1.61 bits per heavy atom. The molecule has 1 heterocycles. The molecule has 3 N–H and O–H groups in total. The van der Waals surface area contributed by atoms with Crippen LogP contribution in [0, 0.1) is 0 Å². The van der Waals surface area contributed by atoms with Crippen molar-refractivity contribution in [2.75, 3.05) is 0 Å². The number of carbonyl (C=O) groups is 1. The van der Waals surface area contributed by atoms with Gasteiger partial charge in [0.1, 0.15) is 17.4 Å². The first-order chi connectivity index (χ1) is 8.28. The topological polar surface area (TPSA) is 72.6 Å². The first kappa shape index (κ1) is 13.4. The molecule has 0 saturated carbocycles. The Labute approximate surface area is 114 Å². The molecule has 98 valence electrons. The summed E-state index contributed by atoms with van der Waals surface area (Å²) in [6.07, 6.45) is 1.09. The van der Waals surface area contributed by atoms with Crippen molar-refractivity contribution in [2.24, 2.45) is 5.73 Å². The summed E-state index contributed by atoms with van der Waals surface area (Å²) in [4.78, 5) is 10.8. The van der Waals surface area contributed by atoms with Gasteiger partial charge in [-0.15, -0.1) is 0 Å². The summed E-state index contributed by atoms with van der Waals surface area (Å²) in [7, 11) is 0. The number of halogens is 1. The first-order valence-corrected chi connectivity index (χ1v) is 6.56. The molecule has 1 atom stereocenters. The van der Waals surface area contributed by atoms with Crippen molar-refractivity contribution in [3.8, 4) is 5.75 Å². The minimum atomic E-state index is -0.999. The average Bonchev–Trinajstić information content (AvgIpc) is 2.52. The molecule has 18 heavy (non-hydrogen) atoms. The maximum absolute atomic E-state index is 10.8. The average molecular weight is 314 g/mol. The van der Waals surface area contributed by atoms with E-state index in [-0.39, 0.29) is 12.0 Å². The number of nitrogens with two attached hydrogens (primary N) is 1. The third-order valence-corrected chi connectivity index (χ3v) is 3.42. The molecule has 0 fully saturated rings. The van der Waals surface area contributed by atoms with Gasteiger partial charge in [-0.05, 0) is 37.1 Å². The number of carboxylic acid groups (broad SMARTS) is 1. The number of carboxylic acids is 1. The Kier molecular flexibility index (Phi) is 3.38. The fourth-order valence-electron chi connectivity index (χ4n) is 2.22. The fraction of sp³-hybridized carbons (Fsp3) is 0.462. The zero-order valence-corrected chi connectivity index (χ0v) is 12.0. The van der Waals surface area contributed by atoms with Gasteiger partial charge >= 0.3 is 5.97 Å². The van der Waals surface area contributed by atoms with Crippen LogP contribution in [0.1, 0.15) is 25.0 Å². The number of aliphatic carboxylic acids is 1. The smallest absolute Gasteiger partial charge is 0.320 e. The third-order valence-electron chi connectivity index (χ3n) is 2.96. The van der Waals surface area contributed by atoms with Crippen LogP contribution in [0.25, 0.3) is 0 Å². The van der Waals surface area contributed by atoms with Gasteiger partial charge in [0.05, 0.1) is 0 Å². The van der Waals surface area contributed by atoms with Crippen LogP contribution < -0.4 is 10.5 Å². The maximum Gasteiger partial charge on any atom is 0.320 e. The van der Waals surface area contributed by atoms with Crippen LogP contribution in [-0.4, -0.2) is 22.7 Å². The lowest BCUT2D eigenvalue weighted by atomic mass is 9.98. The number of ether oxygens (including phenoxy) is 1. The molecule has 0 aliphatic carbocycles. The Morgan fingerprint density at radius 3 is 2.89 bits per heavy atom. The molecule has 0 spiro atoms. The van der Waals surface area contributed by atoms with E-state index < -0.39 is 12.0 Å². The van der Waals surface area contributed by atoms with Gasteiger partial charge < -0.3 is 15.6 Å². The van der Waals surface area contributed by atoms with Gasteiger partial charge in [-0.1, -0.05) is 15.9 Å².